The Labute approximate surface area is 208 Å². The molecule has 0 fully saturated rings. The summed E-state index contributed by atoms with van der Waals surface area (Å²) in [7, 11) is 1.19. The van der Waals surface area contributed by atoms with E-state index in [4.69, 9.17) is 16.3 Å². The molecule has 0 saturated heterocycles. The molecular weight excluding hydrogens is 530 g/mol. The van der Waals surface area contributed by atoms with Crippen LogP contribution in [0.25, 0.3) is 0 Å². The molecule has 7 nitrogen and oxygen atoms in total. The first-order valence-electron chi connectivity index (χ1n) is 9.72. The molecule has 2 aromatic rings. The van der Waals surface area contributed by atoms with Crippen LogP contribution in [0, 0.1) is 24.2 Å². The first-order chi connectivity index (χ1) is 15.7. The highest BCUT2D eigenvalue weighted by atomic mass is 79.9. The molecule has 2 aromatic carbocycles. The van der Waals surface area contributed by atoms with Crippen molar-refractivity contribution in [3.8, 4) is 6.07 Å². The molecule has 0 aliphatic carbocycles. The van der Waals surface area contributed by atoms with Crippen LogP contribution in [0.5, 0.6) is 0 Å². The Kier molecular flexibility index (Phi) is 8.19. The Morgan fingerprint density at radius 3 is 2.58 bits per heavy atom. The molecule has 2 atom stereocenters. The molecule has 0 radical (unpaired) electrons. The zero-order valence-corrected chi connectivity index (χ0v) is 20.8. The number of esters is 1. The maximum absolute atomic E-state index is 12.8. The van der Waals surface area contributed by atoms with Crippen LogP contribution in [0.3, 0.4) is 0 Å². The van der Waals surface area contributed by atoms with E-state index in [2.05, 4.69) is 32.6 Å². The minimum atomic E-state index is -1.22. The van der Waals surface area contributed by atoms with Crippen LogP contribution in [0.4, 0.5) is 5.69 Å². The number of allylic oxidation sites excluding steroid dienone is 1. The van der Waals surface area contributed by atoms with Crippen LogP contribution in [0.2, 0.25) is 5.02 Å². The number of thioether (sulfide) groups is 1. The molecule has 2 N–H and O–H groups in total. The summed E-state index contributed by atoms with van der Waals surface area (Å²) < 4.78 is 5.60. The number of benzene rings is 2. The molecule has 10 heteroatoms. The van der Waals surface area contributed by atoms with E-state index in [1.165, 1.54) is 7.11 Å². The fourth-order valence-electron chi connectivity index (χ4n) is 3.37. The SMILES string of the molecule is COC(=O)[C@@H]1C(=O)NC(SCC(=O)Nc2ccc(Br)cc2Cl)=C(C#N)[C@@H]1c1ccc(C)cc1. The van der Waals surface area contributed by atoms with Crippen LogP contribution >= 0.6 is 39.3 Å². The van der Waals surface area contributed by atoms with Gasteiger partial charge in [-0.25, -0.2) is 0 Å². The number of rotatable bonds is 6. The van der Waals surface area contributed by atoms with Gasteiger partial charge in [0.05, 0.1) is 40.2 Å². The molecule has 0 unspecified atom stereocenters. The Morgan fingerprint density at radius 2 is 1.97 bits per heavy atom. The van der Waals surface area contributed by atoms with Crippen molar-refractivity contribution in [1.29, 1.82) is 5.26 Å². The third-order valence-electron chi connectivity index (χ3n) is 4.97. The van der Waals surface area contributed by atoms with E-state index in [0.717, 1.165) is 21.8 Å². The fourth-order valence-corrected chi connectivity index (χ4v) is 4.94. The van der Waals surface area contributed by atoms with E-state index in [9.17, 15) is 19.6 Å². The fraction of sp³-hybridized carbons (Fsp3) is 0.217. The normalized spacial score (nSPS) is 17.7. The van der Waals surface area contributed by atoms with Gasteiger partial charge >= 0.3 is 5.97 Å². The second-order valence-electron chi connectivity index (χ2n) is 7.19. The lowest BCUT2D eigenvalue weighted by Gasteiger charge is -2.31. The van der Waals surface area contributed by atoms with Gasteiger partial charge in [-0.3, -0.25) is 14.4 Å². The van der Waals surface area contributed by atoms with Crippen molar-refractivity contribution < 1.29 is 19.1 Å². The number of anilines is 1. The van der Waals surface area contributed by atoms with Gasteiger partial charge in [-0.2, -0.15) is 5.26 Å². The number of methoxy groups -OCH3 is 1. The second-order valence-corrected chi connectivity index (χ2v) is 9.50. The topological polar surface area (TPSA) is 108 Å². The van der Waals surface area contributed by atoms with Gasteiger partial charge in [-0.05, 0) is 30.7 Å². The summed E-state index contributed by atoms with van der Waals surface area (Å²) in [6.07, 6.45) is 0. The highest BCUT2D eigenvalue weighted by Gasteiger charge is 2.44. The number of hydrogen-bond donors (Lipinski definition) is 2. The maximum atomic E-state index is 12.8. The molecule has 3 rings (SSSR count). The van der Waals surface area contributed by atoms with Crippen molar-refractivity contribution >= 4 is 62.8 Å². The van der Waals surface area contributed by atoms with Crippen molar-refractivity contribution in [3.05, 3.63) is 73.7 Å². The lowest BCUT2D eigenvalue weighted by atomic mass is 9.78. The minimum Gasteiger partial charge on any atom is -0.468 e. The van der Waals surface area contributed by atoms with Crippen molar-refractivity contribution in [3.63, 3.8) is 0 Å². The van der Waals surface area contributed by atoms with E-state index in [1.54, 1.807) is 30.3 Å². The van der Waals surface area contributed by atoms with E-state index in [0.29, 0.717) is 16.3 Å². The van der Waals surface area contributed by atoms with Crippen LogP contribution in [0.15, 0.2) is 57.5 Å². The number of nitrogens with one attached hydrogen (secondary N) is 2. The van der Waals surface area contributed by atoms with Gasteiger partial charge in [0.2, 0.25) is 11.8 Å². The standard InChI is InChI=1S/C23H19BrClN3O4S/c1-12-3-5-13(6-4-12)19-15(10-26)22(28-21(30)20(19)23(31)32-2)33-11-18(29)27-17-8-7-14(24)9-16(17)25/h3-9,19-20H,11H2,1-2H3,(H,27,29)(H,28,30)/t19-,20-/m0/s1. The monoisotopic (exact) mass is 547 g/mol. The molecule has 33 heavy (non-hydrogen) atoms. The molecule has 1 aliphatic heterocycles. The summed E-state index contributed by atoms with van der Waals surface area (Å²) in [6, 6.07) is 14.4. The summed E-state index contributed by atoms with van der Waals surface area (Å²) in [5.41, 5.74) is 2.25. The summed E-state index contributed by atoms with van der Waals surface area (Å²) in [5, 5.41) is 15.8. The second kappa shape index (κ2) is 10.9. The minimum absolute atomic E-state index is 0.0866. The van der Waals surface area contributed by atoms with Crippen LogP contribution in [-0.2, 0) is 19.1 Å². The van der Waals surface area contributed by atoms with Crippen LogP contribution in [0.1, 0.15) is 17.0 Å². The smallest absolute Gasteiger partial charge is 0.319 e. The van der Waals surface area contributed by atoms with Crippen LogP contribution < -0.4 is 10.6 Å². The Morgan fingerprint density at radius 1 is 1.27 bits per heavy atom. The summed E-state index contributed by atoms with van der Waals surface area (Å²) >= 11 is 10.4. The van der Waals surface area contributed by atoms with E-state index in [1.807, 2.05) is 19.1 Å². The summed E-state index contributed by atoms with van der Waals surface area (Å²) in [5.74, 6) is -3.83. The third-order valence-corrected chi connectivity index (χ3v) is 6.80. The van der Waals surface area contributed by atoms with Crippen molar-refractivity contribution in [2.75, 3.05) is 18.2 Å². The molecule has 170 valence electrons. The first kappa shape index (κ1) is 24.8. The Balaban J connectivity index is 1.88. The first-order valence-corrected chi connectivity index (χ1v) is 11.9. The van der Waals surface area contributed by atoms with Crippen LogP contribution in [-0.4, -0.2) is 30.6 Å². The number of aryl methyl sites for hydroxylation is 1. The number of halogens is 2. The highest BCUT2D eigenvalue weighted by Crippen LogP contribution is 2.40. The average Bonchev–Trinajstić information content (AvgIpc) is 2.79. The molecule has 1 aliphatic rings. The van der Waals surface area contributed by atoms with Gasteiger partial charge in [0.15, 0.2) is 0 Å². The van der Waals surface area contributed by atoms with Gasteiger partial charge in [0, 0.05) is 10.4 Å². The predicted octanol–water partition coefficient (Wildman–Crippen LogP) is 4.52. The van der Waals surface area contributed by atoms with E-state index < -0.39 is 23.7 Å². The number of carbonyl (C=O) groups excluding carboxylic acids is 3. The quantitative estimate of drug-likeness (QED) is 0.406. The van der Waals surface area contributed by atoms with Gasteiger partial charge in [-0.1, -0.05) is 69.1 Å². The molecule has 2 amide bonds. The molecular formula is C23H19BrClN3O4S. The molecule has 0 aromatic heterocycles. The largest absolute Gasteiger partial charge is 0.468 e. The van der Waals surface area contributed by atoms with Gasteiger partial charge in [0.1, 0.15) is 5.92 Å². The Bertz CT molecular complexity index is 1180. The van der Waals surface area contributed by atoms with Crippen molar-refractivity contribution in [1.82, 2.24) is 5.32 Å². The van der Waals surface area contributed by atoms with Gasteiger partial charge in [0.25, 0.3) is 0 Å². The number of hydrogen-bond acceptors (Lipinski definition) is 6. The number of amides is 2. The zero-order chi connectivity index (χ0) is 24.1. The number of ether oxygens (including phenoxy) is 1. The molecule has 1 heterocycles. The highest BCUT2D eigenvalue weighted by molar-refractivity contribution is 9.10. The van der Waals surface area contributed by atoms with Crippen molar-refractivity contribution in [2.45, 2.75) is 12.8 Å². The van der Waals surface area contributed by atoms with Gasteiger partial charge in [-0.15, -0.1) is 0 Å². The lowest BCUT2D eigenvalue weighted by Crippen LogP contribution is -2.44. The molecule has 0 bridgehead atoms. The summed E-state index contributed by atoms with van der Waals surface area (Å²) in [4.78, 5) is 37.7. The number of carbonyl (C=O) groups is 3. The average molecular weight is 549 g/mol. The third kappa shape index (κ3) is 5.77. The zero-order valence-electron chi connectivity index (χ0n) is 17.6. The van der Waals surface area contributed by atoms with Gasteiger partial charge < -0.3 is 15.4 Å². The van der Waals surface area contributed by atoms with E-state index >= 15 is 0 Å². The number of nitrogens with zero attached hydrogens (tertiary/aromatic N) is 1. The molecule has 0 spiro atoms. The lowest BCUT2D eigenvalue weighted by molar-refractivity contribution is -0.150. The predicted molar refractivity (Wildman–Crippen MR) is 130 cm³/mol. The van der Waals surface area contributed by atoms with E-state index in [-0.39, 0.29) is 22.3 Å². The van der Waals surface area contributed by atoms with Crippen molar-refractivity contribution in [2.24, 2.45) is 5.92 Å². The Hall–Kier alpha value is -2.80. The molecule has 0 saturated carbocycles. The summed E-state index contributed by atoms with van der Waals surface area (Å²) in [6.45, 7) is 1.91. The maximum Gasteiger partial charge on any atom is 0.319 e. The number of nitriles is 1.